The lowest BCUT2D eigenvalue weighted by atomic mass is 10.0. The summed E-state index contributed by atoms with van der Waals surface area (Å²) in [5.41, 5.74) is 0. The van der Waals surface area contributed by atoms with Gasteiger partial charge in [-0.25, -0.2) is 12.8 Å². The lowest BCUT2D eigenvalue weighted by Gasteiger charge is -2.31. The van der Waals surface area contributed by atoms with Gasteiger partial charge in [0.25, 0.3) is 0 Å². The number of hydrogen-bond donors (Lipinski definition) is 1. The molecule has 1 aliphatic heterocycles. The van der Waals surface area contributed by atoms with E-state index in [9.17, 15) is 17.6 Å². The van der Waals surface area contributed by atoms with Crippen LogP contribution in [0.3, 0.4) is 0 Å². The third-order valence-corrected chi connectivity index (χ3v) is 6.72. The molecule has 1 saturated carbocycles. The van der Waals surface area contributed by atoms with Crippen molar-refractivity contribution in [2.75, 3.05) is 26.3 Å². The molecule has 1 saturated heterocycles. The zero-order chi connectivity index (χ0) is 17.9. The van der Waals surface area contributed by atoms with Crippen LogP contribution in [0, 0.1) is 11.7 Å². The molecule has 0 bridgehead atoms. The van der Waals surface area contributed by atoms with E-state index in [1.165, 1.54) is 22.5 Å². The highest BCUT2D eigenvalue weighted by atomic mass is 32.2. The molecule has 0 spiro atoms. The van der Waals surface area contributed by atoms with Crippen LogP contribution in [0.15, 0.2) is 29.2 Å². The van der Waals surface area contributed by atoms with Crippen molar-refractivity contribution in [3.05, 3.63) is 30.1 Å². The second kappa shape index (κ2) is 7.80. The van der Waals surface area contributed by atoms with E-state index in [4.69, 9.17) is 4.74 Å². The van der Waals surface area contributed by atoms with Gasteiger partial charge in [0, 0.05) is 25.7 Å². The van der Waals surface area contributed by atoms with Crippen LogP contribution in [0.1, 0.15) is 25.7 Å². The first-order valence-corrected chi connectivity index (χ1v) is 10.1. The zero-order valence-electron chi connectivity index (χ0n) is 14.0. The van der Waals surface area contributed by atoms with Gasteiger partial charge in [-0.15, -0.1) is 0 Å². The minimum absolute atomic E-state index is 0.0747. The number of ether oxygens (including phenoxy) is 1. The smallest absolute Gasteiger partial charge is 0.243 e. The Morgan fingerprint density at radius 3 is 2.84 bits per heavy atom. The van der Waals surface area contributed by atoms with Crippen LogP contribution in [0.25, 0.3) is 0 Å². The van der Waals surface area contributed by atoms with E-state index in [1.54, 1.807) is 0 Å². The fourth-order valence-corrected chi connectivity index (χ4v) is 5.38. The maximum atomic E-state index is 13.5. The van der Waals surface area contributed by atoms with E-state index in [1.807, 2.05) is 0 Å². The van der Waals surface area contributed by atoms with Gasteiger partial charge in [-0.05, 0) is 37.5 Å². The summed E-state index contributed by atoms with van der Waals surface area (Å²) >= 11 is 0. The molecule has 2 unspecified atom stereocenters. The van der Waals surface area contributed by atoms with Gasteiger partial charge in [-0.3, -0.25) is 4.79 Å². The normalized spacial score (nSPS) is 26.5. The highest BCUT2D eigenvalue weighted by molar-refractivity contribution is 7.89. The average molecular weight is 370 g/mol. The first-order chi connectivity index (χ1) is 12.0. The average Bonchev–Trinajstić information content (AvgIpc) is 3.04. The third kappa shape index (κ3) is 4.02. The number of sulfonamides is 1. The number of rotatable bonds is 2. The van der Waals surface area contributed by atoms with Gasteiger partial charge in [0.05, 0.1) is 17.4 Å². The van der Waals surface area contributed by atoms with Crippen molar-refractivity contribution in [3.63, 3.8) is 0 Å². The molecular weight excluding hydrogens is 347 g/mol. The van der Waals surface area contributed by atoms with Crippen molar-refractivity contribution in [3.8, 4) is 0 Å². The third-order valence-electron chi connectivity index (χ3n) is 4.80. The van der Waals surface area contributed by atoms with Gasteiger partial charge in [0.1, 0.15) is 5.82 Å². The summed E-state index contributed by atoms with van der Waals surface area (Å²) in [4.78, 5) is 12.4. The number of carbonyl (C=O) groups excluding carboxylic acids is 1. The van der Waals surface area contributed by atoms with Crippen molar-refractivity contribution in [2.45, 2.75) is 36.6 Å². The van der Waals surface area contributed by atoms with Gasteiger partial charge in [-0.2, -0.15) is 4.31 Å². The van der Waals surface area contributed by atoms with Crippen molar-refractivity contribution in [1.82, 2.24) is 9.62 Å². The molecule has 3 rings (SSSR count). The summed E-state index contributed by atoms with van der Waals surface area (Å²) in [6.45, 7) is 1.52. The number of nitrogens with one attached hydrogen (secondary N) is 1. The molecule has 0 radical (unpaired) electrons. The van der Waals surface area contributed by atoms with E-state index in [2.05, 4.69) is 5.32 Å². The minimum Gasteiger partial charge on any atom is -0.380 e. The van der Waals surface area contributed by atoms with E-state index < -0.39 is 21.9 Å². The van der Waals surface area contributed by atoms with Gasteiger partial charge >= 0.3 is 0 Å². The van der Waals surface area contributed by atoms with Gasteiger partial charge in [-0.1, -0.05) is 12.5 Å². The summed E-state index contributed by atoms with van der Waals surface area (Å²) in [5, 5.41) is 2.83. The van der Waals surface area contributed by atoms with Crippen LogP contribution < -0.4 is 5.32 Å². The van der Waals surface area contributed by atoms with Crippen LogP contribution in [0.5, 0.6) is 0 Å². The molecule has 25 heavy (non-hydrogen) atoms. The number of fused-ring (bicyclic) bond motifs is 1. The molecule has 138 valence electrons. The van der Waals surface area contributed by atoms with Gasteiger partial charge in [0.15, 0.2) is 0 Å². The molecule has 8 heteroatoms. The molecule has 1 aromatic rings. The Hall–Kier alpha value is -1.51. The number of amides is 1. The summed E-state index contributed by atoms with van der Waals surface area (Å²) in [6.07, 6.45) is 2.63. The van der Waals surface area contributed by atoms with Crippen molar-refractivity contribution < 1.29 is 22.3 Å². The molecule has 2 atom stereocenters. The molecule has 2 fully saturated rings. The molecule has 0 aromatic heterocycles. The largest absolute Gasteiger partial charge is 0.380 e. The summed E-state index contributed by atoms with van der Waals surface area (Å²) in [7, 11) is -3.88. The van der Waals surface area contributed by atoms with Crippen LogP contribution in [-0.4, -0.2) is 51.0 Å². The Morgan fingerprint density at radius 2 is 2.04 bits per heavy atom. The summed E-state index contributed by atoms with van der Waals surface area (Å²) in [5.74, 6) is -1.10. The molecule has 6 nitrogen and oxygen atoms in total. The van der Waals surface area contributed by atoms with E-state index in [0.717, 1.165) is 12.5 Å². The highest BCUT2D eigenvalue weighted by Gasteiger charge is 2.42. The van der Waals surface area contributed by atoms with Crippen LogP contribution in [0.4, 0.5) is 4.39 Å². The number of carbonyl (C=O) groups is 1. The predicted octanol–water partition coefficient (Wildman–Crippen LogP) is 1.52. The lowest BCUT2D eigenvalue weighted by molar-refractivity contribution is -0.126. The fourth-order valence-electron chi connectivity index (χ4n) is 3.62. The Kier molecular flexibility index (Phi) is 5.71. The van der Waals surface area contributed by atoms with Crippen LogP contribution in [0.2, 0.25) is 0 Å². The molecule has 1 heterocycles. The SMILES string of the molecule is O=C1NCCOCCCN(S(=O)(=O)c2cccc(F)c2)C2CCCC12. The van der Waals surface area contributed by atoms with Crippen molar-refractivity contribution >= 4 is 15.9 Å². The first kappa shape index (κ1) is 18.3. The lowest BCUT2D eigenvalue weighted by Crippen LogP contribution is -2.47. The van der Waals surface area contributed by atoms with E-state index in [0.29, 0.717) is 39.0 Å². The highest BCUT2D eigenvalue weighted by Crippen LogP contribution is 2.34. The minimum atomic E-state index is -3.88. The van der Waals surface area contributed by atoms with Crippen LogP contribution >= 0.6 is 0 Å². The molecule has 1 amide bonds. The number of halogens is 1. The topological polar surface area (TPSA) is 75.7 Å². The fraction of sp³-hybridized carbons (Fsp3) is 0.588. The Balaban J connectivity index is 1.95. The van der Waals surface area contributed by atoms with E-state index in [-0.39, 0.29) is 23.3 Å². The molecular formula is C17H23FN2O4S. The monoisotopic (exact) mass is 370 g/mol. The maximum absolute atomic E-state index is 13.5. The summed E-state index contributed by atoms with van der Waals surface area (Å²) in [6, 6.07) is 4.62. The Bertz CT molecular complexity index is 725. The number of benzene rings is 1. The quantitative estimate of drug-likeness (QED) is 0.857. The predicted molar refractivity (Wildman–Crippen MR) is 89.9 cm³/mol. The molecule has 1 N–H and O–H groups in total. The second-order valence-electron chi connectivity index (χ2n) is 6.43. The molecule has 1 aromatic carbocycles. The van der Waals surface area contributed by atoms with Crippen molar-refractivity contribution in [2.24, 2.45) is 5.92 Å². The zero-order valence-corrected chi connectivity index (χ0v) is 14.8. The first-order valence-electron chi connectivity index (χ1n) is 8.63. The molecule has 2 aliphatic rings. The maximum Gasteiger partial charge on any atom is 0.243 e. The molecule has 1 aliphatic carbocycles. The number of nitrogens with zero attached hydrogens (tertiary/aromatic N) is 1. The van der Waals surface area contributed by atoms with Gasteiger partial charge < -0.3 is 10.1 Å². The van der Waals surface area contributed by atoms with Gasteiger partial charge in [0.2, 0.25) is 15.9 Å². The Labute approximate surface area is 147 Å². The van der Waals surface area contributed by atoms with E-state index >= 15 is 0 Å². The summed E-state index contributed by atoms with van der Waals surface area (Å²) < 4.78 is 46.6. The van der Waals surface area contributed by atoms with Crippen LogP contribution in [-0.2, 0) is 19.6 Å². The standard InChI is InChI=1S/C17H23FN2O4S/c18-13-4-1-5-14(12-13)25(22,23)20-9-3-10-24-11-8-19-17(21)15-6-2-7-16(15)20/h1,4-5,12,15-16H,2-3,6-11H2,(H,19,21). The van der Waals surface area contributed by atoms with Crippen molar-refractivity contribution in [1.29, 1.82) is 0 Å². The second-order valence-corrected chi connectivity index (χ2v) is 8.33. The number of hydrogen-bond acceptors (Lipinski definition) is 4. The Morgan fingerprint density at radius 1 is 1.20 bits per heavy atom.